The van der Waals surface area contributed by atoms with Gasteiger partial charge in [-0.2, -0.15) is 0 Å². The van der Waals surface area contributed by atoms with Crippen LogP contribution in [0.3, 0.4) is 0 Å². The molecule has 1 aliphatic carbocycles. The van der Waals surface area contributed by atoms with E-state index in [2.05, 4.69) is 41.2 Å². The van der Waals surface area contributed by atoms with Crippen molar-refractivity contribution < 1.29 is 0 Å². The minimum Gasteiger partial charge on any atom is -0.310 e. The van der Waals surface area contributed by atoms with Crippen molar-refractivity contribution in [1.29, 1.82) is 0 Å². The fourth-order valence-corrected chi connectivity index (χ4v) is 2.60. The van der Waals surface area contributed by atoms with Gasteiger partial charge in [-0.1, -0.05) is 19.6 Å². The van der Waals surface area contributed by atoms with Crippen molar-refractivity contribution in [3.8, 4) is 0 Å². The average Bonchev–Trinajstić information content (AvgIpc) is 3.02. The zero-order chi connectivity index (χ0) is 12.1. The molecule has 1 saturated carbocycles. The zero-order valence-corrected chi connectivity index (χ0v) is 11.4. The van der Waals surface area contributed by atoms with Crippen LogP contribution in [0.1, 0.15) is 24.6 Å². The summed E-state index contributed by atoms with van der Waals surface area (Å²) >= 11 is 1.83. The predicted octanol–water partition coefficient (Wildman–Crippen LogP) is 2.88. The van der Waals surface area contributed by atoms with E-state index in [1.54, 1.807) is 0 Å². The zero-order valence-electron chi connectivity index (χ0n) is 10.6. The highest BCUT2D eigenvalue weighted by atomic mass is 32.1. The molecule has 0 aliphatic heterocycles. The number of likely N-dealkylation sites (N-methyl/N-ethyl adjacent to an activating group) is 1. The largest absolute Gasteiger partial charge is 0.310 e. The number of hydrogen-bond donors (Lipinski definition) is 1. The predicted molar refractivity (Wildman–Crippen MR) is 75.4 cm³/mol. The van der Waals surface area contributed by atoms with Gasteiger partial charge < -0.3 is 5.32 Å². The molecule has 0 bridgehead atoms. The number of thiophene rings is 1. The Morgan fingerprint density at radius 2 is 2.41 bits per heavy atom. The molecule has 17 heavy (non-hydrogen) atoms. The first-order valence-electron chi connectivity index (χ1n) is 6.42. The van der Waals surface area contributed by atoms with E-state index in [-0.39, 0.29) is 0 Å². The summed E-state index contributed by atoms with van der Waals surface area (Å²) < 4.78 is 0. The summed E-state index contributed by atoms with van der Waals surface area (Å²) in [5.74, 6) is 0. The minimum absolute atomic E-state index is 0.777. The molecule has 2 rings (SSSR count). The molecule has 1 heterocycles. The summed E-state index contributed by atoms with van der Waals surface area (Å²) in [6.07, 6.45) is 2.69. The van der Waals surface area contributed by atoms with Crippen molar-refractivity contribution in [3.63, 3.8) is 0 Å². The topological polar surface area (TPSA) is 15.3 Å². The van der Waals surface area contributed by atoms with E-state index >= 15 is 0 Å². The molecule has 0 unspecified atom stereocenters. The maximum Gasteiger partial charge on any atom is 0.0331 e. The Hall–Kier alpha value is -0.640. The van der Waals surface area contributed by atoms with Gasteiger partial charge in [-0.25, -0.2) is 0 Å². The van der Waals surface area contributed by atoms with Gasteiger partial charge >= 0.3 is 0 Å². The summed E-state index contributed by atoms with van der Waals surface area (Å²) in [7, 11) is 0. The van der Waals surface area contributed by atoms with Crippen LogP contribution in [0.2, 0.25) is 0 Å². The van der Waals surface area contributed by atoms with E-state index in [9.17, 15) is 0 Å². The van der Waals surface area contributed by atoms with Crippen molar-refractivity contribution in [2.75, 3.05) is 19.6 Å². The summed E-state index contributed by atoms with van der Waals surface area (Å²) in [4.78, 5) is 3.89. The van der Waals surface area contributed by atoms with Crippen molar-refractivity contribution in [2.24, 2.45) is 0 Å². The van der Waals surface area contributed by atoms with Crippen LogP contribution in [-0.2, 0) is 6.54 Å². The van der Waals surface area contributed by atoms with Crippen LogP contribution in [0.15, 0.2) is 29.7 Å². The Bertz CT molecular complexity index is 341. The Kier molecular flexibility index (Phi) is 4.77. The molecule has 1 aromatic rings. The van der Waals surface area contributed by atoms with E-state index in [1.165, 1.54) is 23.3 Å². The lowest BCUT2D eigenvalue weighted by Crippen LogP contribution is -2.29. The third-order valence-electron chi connectivity index (χ3n) is 3.07. The Morgan fingerprint density at radius 3 is 3.00 bits per heavy atom. The first-order valence-corrected chi connectivity index (χ1v) is 7.30. The molecule has 0 aromatic carbocycles. The molecule has 1 N–H and O–H groups in total. The summed E-state index contributed by atoms with van der Waals surface area (Å²) in [6.45, 7) is 10.5. The molecular weight excluding hydrogens is 228 g/mol. The summed E-state index contributed by atoms with van der Waals surface area (Å²) in [5.41, 5.74) is 1.30. The smallest absolute Gasteiger partial charge is 0.0331 e. The second kappa shape index (κ2) is 6.34. The van der Waals surface area contributed by atoms with Crippen LogP contribution in [-0.4, -0.2) is 30.6 Å². The van der Waals surface area contributed by atoms with Crippen LogP contribution in [0, 0.1) is 0 Å². The number of rotatable bonds is 8. The van der Waals surface area contributed by atoms with E-state index in [1.807, 2.05) is 11.3 Å². The van der Waals surface area contributed by atoms with Gasteiger partial charge in [-0.3, -0.25) is 4.90 Å². The lowest BCUT2D eigenvalue weighted by Gasteiger charge is -2.21. The Balaban J connectivity index is 1.71. The van der Waals surface area contributed by atoms with Crippen molar-refractivity contribution in [3.05, 3.63) is 34.5 Å². The lowest BCUT2D eigenvalue weighted by molar-refractivity contribution is 0.304. The van der Waals surface area contributed by atoms with E-state index in [4.69, 9.17) is 0 Å². The molecular formula is C14H22N2S. The quantitative estimate of drug-likeness (QED) is 0.714. The maximum atomic E-state index is 4.17. The molecule has 0 amide bonds. The summed E-state index contributed by atoms with van der Waals surface area (Å²) in [5, 5.41) is 5.67. The molecule has 94 valence electrons. The van der Waals surface area contributed by atoms with Crippen LogP contribution < -0.4 is 5.32 Å². The second-order valence-corrected chi connectivity index (χ2v) is 5.82. The molecule has 1 fully saturated rings. The average molecular weight is 250 g/mol. The van der Waals surface area contributed by atoms with Gasteiger partial charge in [-0.15, -0.1) is 11.3 Å². The van der Waals surface area contributed by atoms with E-state index in [0.29, 0.717) is 0 Å². The van der Waals surface area contributed by atoms with Crippen LogP contribution in [0.5, 0.6) is 0 Å². The molecule has 0 spiro atoms. The van der Waals surface area contributed by atoms with Gasteiger partial charge in [-0.05, 0) is 36.4 Å². The van der Waals surface area contributed by atoms with Gasteiger partial charge in [0.05, 0.1) is 0 Å². The third-order valence-corrected chi connectivity index (χ3v) is 3.93. The molecule has 0 atom stereocenters. The first kappa shape index (κ1) is 12.8. The molecule has 0 radical (unpaired) electrons. The van der Waals surface area contributed by atoms with Crippen LogP contribution in [0.25, 0.3) is 0 Å². The van der Waals surface area contributed by atoms with Crippen LogP contribution >= 0.6 is 11.3 Å². The number of nitrogens with one attached hydrogen (secondary N) is 1. The molecule has 0 saturated heterocycles. The van der Waals surface area contributed by atoms with Crippen LogP contribution in [0.4, 0.5) is 0 Å². The Morgan fingerprint density at radius 1 is 1.59 bits per heavy atom. The SMILES string of the molecule is C=C(CNC1CC1)CN(CC)Cc1cccs1. The highest BCUT2D eigenvalue weighted by Crippen LogP contribution is 2.18. The van der Waals surface area contributed by atoms with Gasteiger partial charge in [0.1, 0.15) is 0 Å². The second-order valence-electron chi connectivity index (χ2n) is 4.79. The van der Waals surface area contributed by atoms with Gasteiger partial charge in [0, 0.05) is 30.6 Å². The first-order chi connectivity index (χ1) is 8.28. The molecule has 1 aromatic heterocycles. The number of nitrogens with zero attached hydrogens (tertiary/aromatic N) is 1. The highest BCUT2D eigenvalue weighted by molar-refractivity contribution is 7.09. The molecule has 3 heteroatoms. The standard InChI is InChI=1S/C14H22N2S/c1-3-16(11-14-5-4-8-17-14)10-12(2)9-15-13-6-7-13/h4-5,8,13,15H,2-3,6-7,9-11H2,1H3. The minimum atomic E-state index is 0.777. The Labute approximate surface area is 108 Å². The number of hydrogen-bond acceptors (Lipinski definition) is 3. The maximum absolute atomic E-state index is 4.17. The van der Waals surface area contributed by atoms with Crippen molar-refractivity contribution in [1.82, 2.24) is 10.2 Å². The van der Waals surface area contributed by atoms with Gasteiger partial charge in [0.2, 0.25) is 0 Å². The normalized spacial score (nSPS) is 15.4. The lowest BCUT2D eigenvalue weighted by atomic mass is 10.2. The molecule has 1 aliphatic rings. The van der Waals surface area contributed by atoms with Gasteiger partial charge in [0.15, 0.2) is 0 Å². The van der Waals surface area contributed by atoms with E-state index in [0.717, 1.165) is 32.2 Å². The monoisotopic (exact) mass is 250 g/mol. The summed E-state index contributed by atoms with van der Waals surface area (Å²) in [6, 6.07) is 5.11. The fourth-order valence-electron chi connectivity index (χ4n) is 1.85. The van der Waals surface area contributed by atoms with Gasteiger partial charge in [0.25, 0.3) is 0 Å². The third kappa shape index (κ3) is 4.62. The highest BCUT2D eigenvalue weighted by Gasteiger charge is 2.20. The fraction of sp³-hybridized carbons (Fsp3) is 0.571. The molecule has 2 nitrogen and oxygen atoms in total. The van der Waals surface area contributed by atoms with E-state index < -0.39 is 0 Å². The van der Waals surface area contributed by atoms with Crippen molar-refractivity contribution in [2.45, 2.75) is 32.4 Å². The van der Waals surface area contributed by atoms with Crippen molar-refractivity contribution >= 4 is 11.3 Å².